The second-order valence-electron chi connectivity index (χ2n) is 8.62. The summed E-state index contributed by atoms with van der Waals surface area (Å²) in [6.07, 6.45) is 6.17. The Hall–Kier alpha value is -3.09. The van der Waals surface area contributed by atoms with Gasteiger partial charge in [0, 0.05) is 68.1 Å². The average molecular weight is 419 g/mol. The third-order valence-corrected chi connectivity index (χ3v) is 6.44. The number of para-hydroxylation sites is 1. The summed E-state index contributed by atoms with van der Waals surface area (Å²) in [5.41, 5.74) is 3.15. The molecule has 1 aromatic carbocycles. The van der Waals surface area contributed by atoms with E-state index < -0.39 is 0 Å². The first kappa shape index (κ1) is 19.8. The van der Waals surface area contributed by atoms with Gasteiger partial charge < -0.3 is 19.7 Å². The van der Waals surface area contributed by atoms with E-state index in [4.69, 9.17) is 9.97 Å². The minimum atomic E-state index is 0.184. The number of aromatic nitrogens is 3. The largest absolute Gasteiger partial charge is 0.361 e. The first-order valence-corrected chi connectivity index (χ1v) is 11.4. The highest BCUT2D eigenvalue weighted by atomic mass is 16.2. The number of aromatic amines is 1. The Bertz CT molecular complexity index is 1060. The lowest BCUT2D eigenvalue weighted by atomic mass is 10.1. The molecule has 162 valence electrons. The summed E-state index contributed by atoms with van der Waals surface area (Å²) in [6.45, 7) is 7.14. The van der Waals surface area contributed by atoms with E-state index in [1.54, 1.807) is 0 Å². The van der Waals surface area contributed by atoms with Crippen LogP contribution in [0.5, 0.6) is 0 Å². The Balaban J connectivity index is 1.23. The molecule has 2 aliphatic rings. The molecule has 5 rings (SSSR count). The highest BCUT2D eigenvalue weighted by molar-refractivity contribution is 5.89. The maximum Gasteiger partial charge on any atom is 0.227 e. The van der Waals surface area contributed by atoms with Gasteiger partial charge in [-0.2, -0.15) is 4.98 Å². The maximum atomic E-state index is 12.9. The predicted molar refractivity (Wildman–Crippen MR) is 124 cm³/mol. The topological polar surface area (TPSA) is 68.4 Å². The standard InChI is InChI=1S/C24H30N6O/c1-18-15-22(28-9-5-2-6-10-28)27-24(26-18)30-13-11-29(12-14-30)23(31)16-19-17-25-21-8-4-3-7-20(19)21/h3-4,7-8,15,17,25H,2,5-6,9-14,16H2,1H3. The number of rotatable bonds is 4. The van der Waals surface area contributed by atoms with Crippen molar-refractivity contribution in [2.45, 2.75) is 32.6 Å². The number of fused-ring (bicyclic) bond motifs is 1. The van der Waals surface area contributed by atoms with Crippen molar-refractivity contribution < 1.29 is 4.79 Å². The number of nitrogens with one attached hydrogen (secondary N) is 1. The number of H-pyrrole nitrogens is 1. The number of nitrogens with zero attached hydrogens (tertiary/aromatic N) is 5. The zero-order valence-electron chi connectivity index (χ0n) is 18.2. The van der Waals surface area contributed by atoms with Crippen molar-refractivity contribution in [3.8, 4) is 0 Å². The fraction of sp³-hybridized carbons (Fsp3) is 0.458. The summed E-state index contributed by atoms with van der Waals surface area (Å²) in [5.74, 6) is 2.02. The SMILES string of the molecule is Cc1cc(N2CCCCC2)nc(N2CCN(C(=O)Cc3c[nH]c4ccccc34)CC2)n1. The Morgan fingerprint density at radius 1 is 0.968 bits per heavy atom. The quantitative estimate of drug-likeness (QED) is 0.705. The van der Waals surface area contributed by atoms with Crippen LogP contribution in [0.25, 0.3) is 10.9 Å². The number of anilines is 2. The van der Waals surface area contributed by atoms with Gasteiger partial charge in [-0.25, -0.2) is 4.98 Å². The van der Waals surface area contributed by atoms with Gasteiger partial charge in [0.15, 0.2) is 0 Å². The van der Waals surface area contributed by atoms with E-state index in [1.807, 2.05) is 36.2 Å². The van der Waals surface area contributed by atoms with Crippen molar-refractivity contribution >= 4 is 28.6 Å². The molecular weight excluding hydrogens is 388 g/mol. The highest BCUT2D eigenvalue weighted by Gasteiger charge is 2.24. The number of piperazine rings is 1. The molecule has 1 N–H and O–H groups in total. The zero-order valence-corrected chi connectivity index (χ0v) is 18.2. The van der Waals surface area contributed by atoms with Crippen LogP contribution in [0, 0.1) is 6.92 Å². The van der Waals surface area contributed by atoms with Crippen LogP contribution in [0.1, 0.15) is 30.5 Å². The molecule has 31 heavy (non-hydrogen) atoms. The van der Waals surface area contributed by atoms with Crippen LogP contribution in [-0.2, 0) is 11.2 Å². The van der Waals surface area contributed by atoms with E-state index in [9.17, 15) is 4.79 Å². The Morgan fingerprint density at radius 2 is 1.74 bits per heavy atom. The number of amides is 1. The maximum absolute atomic E-state index is 12.9. The fourth-order valence-corrected chi connectivity index (χ4v) is 4.67. The van der Waals surface area contributed by atoms with Crippen LogP contribution < -0.4 is 9.80 Å². The van der Waals surface area contributed by atoms with E-state index in [1.165, 1.54) is 19.3 Å². The Kier molecular flexibility index (Phi) is 5.49. The fourth-order valence-electron chi connectivity index (χ4n) is 4.67. The summed E-state index contributed by atoms with van der Waals surface area (Å²) in [6, 6.07) is 10.2. The van der Waals surface area contributed by atoms with Crippen LogP contribution >= 0.6 is 0 Å². The summed E-state index contributed by atoms with van der Waals surface area (Å²) >= 11 is 0. The molecule has 7 nitrogen and oxygen atoms in total. The monoisotopic (exact) mass is 418 g/mol. The molecule has 0 bridgehead atoms. The van der Waals surface area contributed by atoms with Gasteiger partial charge in [-0.3, -0.25) is 4.79 Å². The molecule has 2 aromatic heterocycles. The molecule has 2 aliphatic heterocycles. The van der Waals surface area contributed by atoms with Crippen LogP contribution in [0.4, 0.5) is 11.8 Å². The molecule has 0 spiro atoms. The Morgan fingerprint density at radius 3 is 2.55 bits per heavy atom. The van der Waals surface area contributed by atoms with Gasteiger partial charge in [-0.1, -0.05) is 18.2 Å². The van der Waals surface area contributed by atoms with Crippen molar-refractivity contribution in [2.24, 2.45) is 0 Å². The molecule has 1 amide bonds. The molecule has 0 unspecified atom stereocenters. The molecule has 0 saturated carbocycles. The summed E-state index contributed by atoms with van der Waals surface area (Å²) in [5, 5.41) is 1.13. The van der Waals surface area contributed by atoms with Crippen LogP contribution in [0.15, 0.2) is 36.5 Å². The molecule has 7 heteroatoms. The van der Waals surface area contributed by atoms with E-state index in [0.29, 0.717) is 19.5 Å². The number of carbonyl (C=O) groups is 1. The van der Waals surface area contributed by atoms with Crippen molar-refractivity contribution in [1.82, 2.24) is 19.9 Å². The molecule has 4 heterocycles. The number of benzene rings is 1. The summed E-state index contributed by atoms with van der Waals surface area (Å²) in [7, 11) is 0. The second-order valence-corrected chi connectivity index (χ2v) is 8.62. The average Bonchev–Trinajstić information content (AvgIpc) is 3.22. The number of carbonyl (C=O) groups excluding carboxylic acids is 1. The van der Waals surface area contributed by atoms with Gasteiger partial charge in [0.05, 0.1) is 6.42 Å². The summed E-state index contributed by atoms with van der Waals surface area (Å²) in [4.78, 5) is 32.3. The minimum Gasteiger partial charge on any atom is -0.361 e. The molecule has 3 aromatic rings. The summed E-state index contributed by atoms with van der Waals surface area (Å²) < 4.78 is 0. The third kappa shape index (κ3) is 4.22. The normalized spacial score (nSPS) is 17.4. The highest BCUT2D eigenvalue weighted by Crippen LogP contribution is 2.23. The first-order chi connectivity index (χ1) is 15.2. The molecule has 0 radical (unpaired) electrons. The van der Waals surface area contributed by atoms with E-state index in [0.717, 1.165) is 60.1 Å². The van der Waals surface area contributed by atoms with Gasteiger partial charge in [-0.15, -0.1) is 0 Å². The van der Waals surface area contributed by atoms with Crippen molar-refractivity contribution in [2.75, 3.05) is 49.1 Å². The number of piperidine rings is 1. The molecule has 0 aliphatic carbocycles. The van der Waals surface area contributed by atoms with Crippen LogP contribution in [0.3, 0.4) is 0 Å². The lowest BCUT2D eigenvalue weighted by molar-refractivity contribution is -0.130. The zero-order chi connectivity index (χ0) is 21.2. The molecule has 2 saturated heterocycles. The predicted octanol–water partition coefficient (Wildman–Crippen LogP) is 3.15. The number of aryl methyl sites for hydroxylation is 1. The first-order valence-electron chi connectivity index (χ1n) is 11.4. The Labute approximate surface area is 183 Å². The van der Waals surface area contributed by atoms with Gasteiger partial charge in [0.25, 0.3) is 0 Å². The van der Waals surface area contributed by atoms with Gasteiger partial charge in [-0.05, 0) is 37.8 Å². The van der Waals surface area contributed by atoms with E-state index >= 15 is 0 Å². The van der Waals surface area contributed by atoms with Gasteiger partial charge in [0.1, 0.15) is 5.82 Å². The molecular formula is C24H30N6O. The molecule has 0 atom stereocenters. The third-order valence-electron chi connectivity index (χ3n) is 6.44. The second kappa shape index (κ2) is 8.57. The van der Waals surface area contributed by atoms with Crippen LogP contribution in [-0.4, -0.2) is 65.0 Å². The molecule has 2 fully saturated rings. The van der Waals surface area contributed by atoms with Crippen molar-refractivity contribution in [1.29, 1.82) is 0 Å². The number of hydrogen-bond donors (Lipinski definition) is 1. The lowest BCUT2D eigenvalue weighted by Crippen LogP contribution is -2.49. The minimum absolute atomic E-state index is 0.184. The van der Waals surface area contributed by atoms with Crippen LogP contribution in [0.2, 0.25) is 0 Å². The van der Waals surface area contributed by atoms with E-state index in [-0.39, 0.29) is 5.91 Å². The number of hydrogen-bond acceptors (Lipinski definition) is 5. The van der Waals surface area contributed by atoms with Gasteiger partial charge in [0.2, 0.25) is 11.9 Å². The van der Waals surface area contributed by atoms with Crippen molar-refractivity contribution in [3.05, 3.63) is 47.8 Å². The lowest BCUT2D eigenvalue weighted by Gasteiger charge is -2.35. The van der Waals surface area contributed by atoms with Crippen molar-refractivity contribution in [3.63, 3.8) is 0 Å². The van der Waals surface area contributed by atoms with E-state index in [2.05, 4.69) is 26.9 Å². The smallest absolute Gasteiger partial charge is 0.227 e. The van der Waals surface area contributed by atoms with Gasteiger partial charge >= 0.3 is 0 Å².